The third-order valence-corrected chi connectivity index (χ3v) is 6.23. The van der Waals surface area contributed by atoms with Gasteiger partial charge in [0.25, 0.3) is 10.1 Å². The molecule has 0 unspecified atom stereocenters. The average Bonchev–Trinajstić information content (AvgIpc) is 2.87. The Balaban J connectivity index is -0.000000176. The van der Waals surface area contributed by atoms with Crippen LogP contribution in [0.5, 0.6) is 0 Å². The predicted octanol–water partition coefficient (Wildman–Crippen LogP) is -2.46. The number of rotatable bonds is 15. The van der Waals surface area contributed by atoms with Crippen molar-refractivity contribution in [3.63, 3.8) is 0 Å². The Labute approximate surface area is 304 Å². The van der Waals surface area contributed by atoms with Gasteiger partial charge in [-0.1, -0.05) is 26.3 Å². The van der Waals surface area contributed by atoms with Crippen molar-refractivity contribution in [3.8, 4) is 0 Å². The number of esters is 3. The Morgan fingerprint density at radius 3 is 1.46 bits per heavy atom. The van der Waals surface area contributed by atoms with Crippen molar-refractivity contribution >= 4 is 55.7 Å². The number of ether oxygens (including phenoxy) is 3. The van der Waals surface area contributed by atoms with Crippen LogP contribution in [0.15, 0.2) is 50.1 Å². The van der Waals surface area contributed by atoms with Gasteiger partial charge in [0.05, 0.1) is 34.3 Å². The van der Waals surface area contributed by atoms with E-state index in [0.717, 1.165) is 18.2 Å². The van der Waals surface area contributed by atoms with Crippen molar-refractivity contribution in [2.75, 3.05) is 31.8 Å². The first-order chi connectivity index (χ1) is 21.1. The number of ketones is 1. The monoisotopic (exact) mass is 736 g/mol. The molecule has 0 aliphatic rings. The maximum atomic E-state index is 10.8. The molecule has 17 nitrogen and oxygen atoms in total. The van der Waals surface area contributed by atoms with E-state index in [9.17, 15) is 50.2 Å². The number of Topliss-reactive ketones (excluding diaryl/α,β-unsaturated/α-hetero) is 1. The van der Waals surface area contributed by atoms with Crippen molar-refractivity contribution in [2.45, 2.75) is 59.0 Å². The van der Waals surface area contributed by atoms with Gasteiger partial charge in [-0.3, -0.25) is 23.7 Å². The van der Waals surface area contributed by atoms with E-state index in [1.54, 1.807) is 0 Å². The zero-order valence-electron chi connectivity index (χ0n) is 28.6. The van der Waals surface area contributed by atoms with Gasteiger partial charge in [-0.05, 0) is 53.7 Å². The number of hydrogen-bond acceptors (Lipinski definition) is 14. The van der Waals surface area contributed by atoms with Crippen molar-refractivity contribution in [1.29, 1.82) is 0 Å². The topological polar surface area (TPSA) is 266 Å². The number of carbonyl (C=O) groups is 6. The summed E-state index contributed by atoms with van der Waals surface area (Å²) in [6.07, 6.45) is 2.90. The molecule has 270 valence electrons. The van der Waals surface area contributed by atoms with Crippen molar-refractivity contribution in [3.05, 3.63) is 50.1 Å². The minimum atomic E-state index is -4.33. The number of carbonyl (C=O) groups excluding carboxylic acids is 6. The molecule has 0 aromatic rings. The second kappa shape index (κ2) is 26.7. The molecule has 0 bridgehead atoms. The van der Waals surface area contributed by atoms with Crippen LogP contribution < -0.4 is 40.2 Å². The minimum absolute atomic E-state index is 0. The normalized spacial score (nSPS) is 10.4. The third kappa shape index (κ3) is 42.8. The third-order valence-electron chi connectivity index (χ3n) is 4.06. The molecule has 0 saturated heterocycles. The van der Waals surface area contributed by atoms with Crippen LogP contribution in [0, 0.1) is 0 Å². The average molecular weight is 737 g/mol. The first-order valence-electron chi connectivity index (χ1n) is 13.0. The van der Waals surface area contributed by atoms with E-state index in [1.165, 1.54) is 48.7 Å². The maximum absolute atomic E-state index is 10.8. The Kier molecular flexibility index (Phi) is 30.2. The molecule has 0 aromatic heterocycles. The Hall–Kier alpha value is -3.20. The van der Waals surface area contributed by atoms with Crippen molar-refractivity contribution in [1.82, 2.24) is 10.6 Å². The second-order valence-corrected chi connectivity index (χ2v) is 13.2. The summed E-state index contributed by atoms with van der Waals surface area (Å²) in [5, 5.41) is 4.69. The van der Waals surface area contributed by atoms with Crippen LogP contribution in [-0.4, -0.2) is 104 Å². The fraction of sp³-hybridized carbons (Fsp3) is 0.500. The van der Waals surface area contributed by atoms with Gasteiger partial charge in [-0.25, -0.2) is 18.0 Å². The maximum Gasteiger partial charge on any atom is 1.00 e. The molecule has 0 rings (SSSR count). The largest absolute Gasteiger partial charge is 1.00 e. The van der Waals surface area contributed by atoms with Gasteiger partial charge in [-0.2, -0.15) is 8.42 Å². The van der Waals surface area contributed by atoms with E-state index < -0.39 is 72.5 Å². The fourth-order valence-corrected chi connectivity index (χ4v) is 4.43. The fourth-order valence-electron chi connectivity index (χ4n) is 2.49. The van der Waals surface area contributed by atoms with Crippen LogP contribution in [0.1, 0.15) is 48.0 Å². The zero-order chi connectivity index (χ0) is 38.2. The molecule has 0 saturated carbocycles. The van der Waals surface area contributed by atoms with Crippen molar-refractivity contribution in [2.24, 2.45) is 0 Å². The molecule has 48 heavy (non-hydrogen) atoms. The van der Waals surface area contributed by atoms with Gasteiger partial charge in [-0.15, -0.1) is 0 Å². The van der Waals surface area contributed by atoms with E-state index in [4.69, 9.17) is 4.55 Å². The van der Waals surface area contributed by atoms with E-state index >= 15 is 0 Å². The Bertz CT molecular complexity index is 1290. The van der Waals surface area contributed by atoms with E-state index in [-0.39, 0.29) is 60.5 Å². The predicted molar refractivity (Wildman–Crippen MR) is 170 cm³/mol. The number of nitrogens with one attached hydrogen (secondary N) is 2. The second-order valence-electron chi connectivity index (χ2n) is 10.3. The van der Waals surface area contributed by atoms with Crippen molar-refractivity contribution < 1.29 is 98.5 Å². The van der Waals surface area contributed by atoms with Crippen LogP contribution in [-0.2, 0) is 63.2 Å². The molecule has 0 aliphatic heterocycles. The van der Waals surface area contributed by atoms with Crippen LogP contribution in [0.3, 0.4) is 0 Å². The Morgan fingerprint density at radius 2 is 1.19 bits per heavy atom. The summed E-state index contributed by atoms with van der Waals surface area (Å²) in [5.41, 5.74) is -1.78. The first-order valence-corrected chi connectivity index (χ1v) is 16.2. The van der Waals surface area contributed by atoms with Gasteiger partial charge >= 0.3 is 47.5 Å². The number of amides is 2. The van der Waals surface area contributed by atoms with Gasteiger partial charge in [0.1, 0.15) is 25.4 Å². The van der Waals surface area contributed by atoms with E-state index in [0.29, 0.717) is 0 Å². The minimum Gasteiger partial charge on any atom is -0.748 e. The number of methoxy groups -OCH3 is 1. The molecular weight excluding hydrogens is 691 g/mol. The van der Waals surface area contributed by atoms with E-state index in [2.05, 4.69) is 51.2 Å². The molecule has 0 aliphatic carbocycles. The molecule has 20 heteroatoms. The molecule has 0 radical (unpaired) electrons. The van der Waals surface area contributed by atoms with Gasteiger partial charge in [0.15, 0.2) is 0 Å². The molecule has 2 amide bonds. The molecule has 0 fully saturated rings. The summed E-state index contributed by atoms with van der Waals surface area (Å²) in [6.45, 7) is 21.6. The van der Waals surface area contributed by atoms with Gasteiger partial charge < -0.3 is 29.4 Å². The standard InChI is InChI=1S/C10H14O5.2C7H13NO4S.C4H6O2.Na/c1-7(2)10(13)15-5-4-14-9(12)6-8(3)11;2*1-4-6(9)8-7(2,3)5-13(10,11)12;1-3-4(5)6-2;/h1,4-6H2,2-3H3;2*4H,1,5H2,2-3H3,(H,8,9)(H,10,11,12);3H,1H2,2H3;/q;;;;+1/p-1. The van der Waals surface area contributed by atoms with Crippen LogP contribution in [0.25, 0.3) is 0 Å². The summed E-state index contributed by atoms with van der Waals surface area (Å²) in [6, 6.07) is 0. The summed E-state index contributed by atoms with van der Waals surface area (Å²) in [4.78, 5) is 63.6. The molecule has 0 heterocycles. The SMILES string of the molecule is C=C(C)C(=O)OCCOC(=O)CC(C)=O.C=CC(=O)NC(C)(C)CS(=O)(=O)O.C=CC(=O)NC(C)(C)CS(=O)(=O)[O-].C=CC(=O)OC.[Na+]. The number of hydrogen-bond donors (Lipinski definition) is 3. The molecule has 0 spiro atoms. The van der Waals surface area contributed by atoms with Gasteiger partial charge in [0, 0.05) is 17.2 Å². The quantitative estimate of drug-likeness (QED) is 0.0300. The molecule has 0 aromatic carbocycles. The first kappa shape index (κ1) is 54.3. The summed E-state index contributed by atoms with van der Waals surface area (Å²) < 4.78 is 74.1. The molecule has 0 atom stereocenters. The zero-order valence-corrected chi connectivity index (χ0v) is 32.2. The summed E-state index contributed by atoms with van der Waals surface area (Å²) >= 11 is 0. The van der Waals surface area contributed by atoms with Gasteiger partial charge in [0.2, 0.25) is 11.8 Å². The van der Waals surface area contributed by atoms with E-state index in [1.807, 2.05) is 0 Å². The smallest absolute Gasteiger partial charge is 0.748 e. The summed E-state index contributed by atoms with van der Waals surface area (Å²) in [7, 11) is -7.11. The van der Waals surface area contributed by atoms with Crippen LogP contribution in [0.4, 0.5) is 0 Å². The van der Waals surface area contributed by atoms with Crippen LogP contribution >= 0.6 is 0 Å². The molecular formula is C28H45N2NaO15S2. The summed E-state index contributed by atoms with van der Waals surface area (Å²) in [5.74, 6) is -3.96. The Morgan fingerprint density at radius 1 is 0.792 bits per heavy atom. The molecule has 3 N–H and O–H groups in total. The van der Waals surface area contributed by atoms with Crippen LogP contribution in [0.2, 0.25) is 0 Å².